The van der Waals surface area contributed by atoms with Gasteiger partial charge in [-0.3, -0.25) is 4.79 Å². The van der Waals surface area contributed by atoms with E-state index in [-0.39, 0.29) is 5.91 Å². The molecule has 0 saturated carbocycles. The second-order valence-electron chi connectivity index (χ2n) is 2.72. The molecule has 1 saturated heterocycles. The van der Waals surface area contributed by atoms with Gasteiger partial charge in [0.1, 0.15) is 0 Å². The predicted octanol–water partition coefficient (Wildman–Crippen LogP) is 1.32. The van der Waals surface area contributed by atoms with Crippen LogP contribution in [0.25, 0.3) is 0 Å². The lowest BCUT2D eigenvalue weighted by Crippen LogP contribution is -2.47. The molecule has 1 N–H and O–H groups in total. The molecule has 0 spiro atoms. The molecule has 1 amide bonds. The van der Waals surface area contributed by atoms with Crippen molar-refractivity contribution in [2.24, 2.45) is 5.92 Å². The van der Waals surface area contributed by atoms with Gasteiger partial charge in [0, 0.05) is 6.54 Å². The molecule has 1 fully saturated rings. The second kappa shape index (κ2) is 2.59. The SMILES string of the molecule is CC1CNC(=O)C(Cl)(Cl)C1. The largest absolute Gasteiger partial charge is 0.353 e. The molecule has 1 atom stereocenters. The number of nitrogens with one attached hydrogen (secondary N) is 1. The summed E-state index contributed by atoms with van der Waals surface area (Å²) in [5, 5.41) is 2.62. The van der Waals surface area contributed by atoms with E-state index in [1.54, 1.807) is 0 Å². The van der Waals surface area contributed by atoms with E-state index < -0.39 is 4.33 Å². The predicted molar refractivity (Wildman–Crippen MR) is 41.2 cm³/mol. The van der Waals surface area contributed by atoms with Gasteiger partial charge < -0.3 is 5.32 Å². The third-order valence-electron chi connectivity index (χ3n) is 1.55. The van der Waals surface area contributed by atoms with Crippen LogP contribution in [0.1, 0.15) is 13.3 Å². The highest BCUT2D eigenvalue weighted by atomic mass is 35.5. The van der Waals surface area contributed by atoms with E-state index in [1.165, 1.54) is 0 Å². The number of carbonyl (C=O) groups is 1. The average Bonchev–Trinajstić information content (AvgIpc) is 1.78. The maximum absolute atomic E-state index is 10.9. The van der Waals surface area contributed by atoms with E-state index in [1.807, 2.05) is 6.92 Å². The van der Waals surface area contributed by atoms with Crippen LogP contribution >= 0.6 is 23.2 Å². The van der Waals surface area contributed by atoms with Gasteiger partial charge in [-0.25, -0.2) is 0 Å². The van der Waals surface area contributed by atoms with E-state index in [0.717, 1.165) is 0 Å². The number of carbonyl (C=O) groups excluding carboxylic acids is 1. The number of amides is 1. The van der Waals surface area contributed by atoms with Crippen molar-refractivity contribution < 1.29 is 4.79 Å². The quantitative estimate of drug-likeness (QED) is 0.562. The van der Waals surface area contributed by atoms with Crippen LogP contribution in [-0.4, -0.2) is 16.8 Å². The van der Waals surface area contributed by atoms with Gasteiger partial charge in [0.25, 0.3) is 5.91 Å². The summed E-state index contributed by atoms with van der Waals surface area (Å²) in [4.78, 5) is 10.9. The third-order valence-corrected chi connectivity index (χ3v) is 2.20. The first kappa shape index (κ1) is 8.15. The Balaban J connectivity index is 2.63. The summed E-state index contributed by atoms with van der Waals surface area (Å²) in [6.07, 6.45) is 0.544. The van der Waals surface area contributed by atoms with Crippen LogP contribution in [0.4, 0.5) is 0 Å². The maximum Gasteiger partial charge on any atom is 0.256 e. The molecule has 0 radical (unpaired) electrons. The molecule has 4 heteroatoms. The maximum atomic E-state index is 10.9. The smallest absolute Gasteiger partial charge is 0.256 e. The van der Waals surface area contributed by atoms with Gasteiger partial charge in [-0.05, 0) is 12.3 Å². The zero-order valence-electron chi connectivity index (χ0n) is 5.66. The lowest BCUT2D eigenvalue weighted by molar-refractivity contribution is -0.123. The first-order chi connectivity index (χ1) is 4.52. The summed E-state index contributed by atoms with van der Waals surface area (Å²) >= 11 is 11.3. The molecule has 0 bridgehead atoms. The normalized spacial score (nSPS) is 31.5. The first-order valence-electron chi connectivity index (χ1n) is 3.18. The van der Waals surface area contributed by atoms with Crippen molar-refractivity contribution in [2.75, 3.05) is 6.54 Å². The number of halogens is 2. The molecule has 1 unspecified atom stereocenters. The van der Waals surface area contributed by atoms with Gasteiger partial charge in [-0.2, -0.15) is 0 Å². The summed E-state index contributed by atoms with van der Waals surface area (Å²) in [6, 6.07) is 0. The van der Waals surface area contributed by atoms with E-state index >= 15 is 0 Å². The number of hydrogen-bond acceptors (Lipinski definition) is 1. The summed E-state index contributed by atoms with van der Waals surface area (Å²) in [5.41, 5.74) is 0. The van der Waals surface area contributed by atoms with Gasteiger partial charge in [-0.15, -0.1) is 0 Å². The van der Waals surface area contributed by atoms with Crippen molar-refractivity contribution in [3.8, 4) is 0 Å². The van der Waals surface area contributed by atoms with Crippen molar-refractivity contribution >= 4 is 29.1 Å². The fourth-order valence-corrected chi connectivity index (χ4v) is 1.66. The number of alkyl halides is 2. The Morgan fingerprint density at radius 2 is 2.30 bits per heavy atom. The summed E-state index contributed by atoms with van der Waals surface area (Å²) in [6.45, 7) is 2.68. The highest BCUT2D eigenvalue weighted by molar-refractivity contribution is 6.58. The molecule has 1 aliphatic heterocycles. The Bertz CT molecular complexity index is 158. The van der Waals surface area contributed by atoms with Crippen LogP contribution in [0.3, 0.4) is 0 Å². The molecule has 2 nitrogen and oxygen atoms in total. The monoisotopic (exact) mass is 181 g/mol. The van der Waals surface area contributed by atoms with Crippen molar-refractivity contribution in [3.05, 3.63) is 0 Å². The van der Waals surface area contributed by atoms with Crippen molar-refractivity contribution in [1.82, 2.24) is 5.32 Å². The summed E-state index contributed by atoms with van der Waals surface area (Å²) in [7, 11) is 0. The number of hydrogen-bond donors (Lipinski definition) is 1. The van der Waals surface area contributed by atoms with Gasteiger partial charge in [0.05, 0.1) is 0 Å². The zero-order chi connectivity index (χ0) is 7.78. The van der Waals surface area contributed by atoms with Gasteiger partial charge in [0.2, 0.25) is 0 Å². The van der Waals surface area contributed by atoms with Crippen molar-refractivity contribution in [1.29, 1.82) is 0 Å². The van der Waals surface area contributed by atoms with Crippen LogP contribution in [0.2, 0.25) is 0 Å². The molecule has 10 heavy (non-hydrogen) atoms. The second-order valence-corrected chi connectivity index (χ2v) is 4.21. The third kappa shape index (κ3) is 1.55. The van der Waals surface area contributed by atoms with Crippen LogP contribution in [-0.2, 0) is 4.79 Å². The molecular formula is C6H9Cl2NO. The molecule has 0 aromatic heterocycles. The molecule has 1 aliphatic rings. The lowest BCUT2D eigenvalue weighted by Gasteiger charge is -2.28. The Labute approximate surface area is 69.9 Å². The molecule has 0 aromatic rings. The number of piperidine rings is 1. The summed E-state index contributed by atoms with van der Waals surface area (Å²) in [5.74, 6) is 0.0987. The average molecular weight is 182 g/mol. The minimum absolute atomic E-state index is 0.270. The van der Waals surface area contributed by atoms with Crippen molar-refractivity contribution in [3.63, 3.8) is 0 Å². The van der Waals surface area contributed by atoms with E-state index in [4.69, 9.17) is 23.2 Å². The number of rotatable bonds is 0. The topological polar surface area (TPSA) is 29.1 Å². The van der Waals surface area contributed by atoms with Crippen LogP contribution < -0.4 is 5.32 Å². The molecule has 58 valence electrons. The highest BCUT2D eigenvalue weighted by Gasteiger charge is 2.38. The molecule has 1 rings (SSSR count). The molecular weight excluding hydrogens is 173 g/mol. The van der Waals surface area contributed by atoms with Gasteiger partial charge in [-0.1, -0.05) is 30.1 Å². The van der Waals surface area contributed by atoms with Gasteiger partial charge >= 0.3 is 0 Å². The zero-order valence-corrected chi connectivity index (χ0v) is 7.17. The standard InChI is InChI=1S/C6H9Cl2NO/c1-4-2-6(7,8)5(10)9-3-4/h4H,2-3H2,1H3,(H,9,10). The van der Waals surface area contributed by atoms with Crippen molar-refractivity contribution in [2.45, 2.75) is 17.7 Å². The van der Waals surface area contributed by atoms with Crippen LogP contribution in [0.5, 0.6) is 0 Å². The summed E-state index contributed by atoms with van der Waals surface area (Å²) < 4.78 is -1.20. The molecule has 0 aliphatic carbocycles. The minimum atomic E-state index is -1.20. The van der Waals surface area contributed by atoms with Gasteiger partial charge in [0.15, 0.2) is 4.33 Å². The highest BCUT2D eigenvalue weighted by Crippen LogP contribution is 2.31. The Morgan fingerprint density at radius 1 is 1.70 bits per heavy atom. The Kier molecular flexibility index (Phi) is 2.11. The van der Waals surface area contributed by atoms with Crippen LogP contribution in [0.15, 0.2) is 0 Å². The molecule has 1 heterocycles. The Hall–Kier alpha value is 0.0500. The molecule has 0 aromatic carbocycles. The fourth-order valence-electron chi connectivity index (χ4n) is 0.999. The van der Waals surface area contributed by atoms with Crippen LogP contribution in [0, 0.1) is 5.92 Å². The van der Waals surface area contributed by atoms with E-state index in [2.05, 4.69) is 5.32 Å². The first-order valence-corrected chi connectivity index (χ1v) is 3.94. The Morgan fingerprint density at radius 3 is 2.70 bits per heavy atom. The lowest BCUT2D eigenvalue weighted by atomic mass is 10.0. The van der Waals surface area contributed by atoms with E-state index in [0.29, 0.717) is 18.9 Å². The van der Waals surface area contributed by atoms with E-state index in [9.17, 15) is 4.79 Å². The fraction of sp³-hybridized carbons (Fsp3) is 0.833. The minimum Gasteiger partial charge on any atom is -0.353 e.